The minimum atomic E-state index is -3.89. The molecule has 2 rings (SSSR count). The van der Waals surface area contributed by atoms with Crippen molar-refractivity contribution in [2.75, 3.05) is 4.72 Å². The van der Waals surface area contributed by atoms with Crippen LogP contribution < -0.4 is 4.72 Å². The minimum Gasteiger partial charge on any atom is -0.279 e. The molecule has 0 amide bonds. The fraction of sp³-hybridized carbons (Fsp3) is 0.200. The van der Waals surface area contributed by atoms with Crippen molar-refractivity contribution in [1.82, 2.24) is 0 Å². The highest BCUT2D eigenvalue weighted by molar-refractivity contribution is 7.92. The van der Waals surface area contributed by atoms with Gasteiger partial charge in [-0.15, -0.1) is 0 Å². The Hall–Kier alpha value is -2.41. The van der Waals surface area contributed by atoms with Gasteiger partial charge in [-0.25, -0.2) is 8.42 Å². The van der Waals surface area contributed by atoms with E-state index in [1.165, 1.54) is 12.1 Å². The van der Waals surface area contributed by atoms with Gasteiger partial charge in [0.1, 0.15) is 0 Å². The summed E-state index contributed by atoms with van der Waals surface area (Å²) in [5.41, 5.74) is 1.53. The highest BCUT2D eigenvalue weighted by atomic mass is 32.2. The standard InChI is InChI=1S/C15H16N2O4S/c1-3-12-6-4-5-7-14(12)16-22(20,21)15-10-13(17(18)19)9-8-11(15)2/h4-10,16H,3H2,1-2H3. The maximum Gasteiger partial charge on any atom is 0.270 e. The first kappa shape index (κ1) is 16.0. The Kier molecular flexibility index (Phi) is 4.46. The molecule has 6 nitrogen and oxygen atoms in total. The number of anilines is 1. The number of hydrogen-bond donors (Lipinski definition) is 1. The molecule has 0 unspecified atom stereocenters. The molecule has 0 radical (unpaired) electrons. The van der Waals surface area contributed by atoms with Crippen LogP contribution in [0.15, 0.2) is 47.4 Å². The maximum absolute atomic E-state index is 12.5. The highest BCUT2D eigenvalue weighted by Crippen LogP contribution is 2.25. The van der Waals surface area contributed by atoms with Gasteiger partial charge in [0.2, 0.25) is 0 Å². The first-order valence-corrected chi connectivity index (χ1v) is 8.19. The third-order valence-electron chi connectivity index (χ3n) is 3.31. The molecule has 0 aromatic heterocycles. The summed E-state index contributed by atoms with van der Waals surface area (Å²) in [6.45, 7) is 3.52. The number of para-hydroxylation sites is 1. The van der Waals surface area contributed by atoms with Gasteiger partial charge in [0.05, 0.1) is 15.5 Å². The number of sulfonamides is 1. The Morgan fingerprint density at radius 2 is 1.86 bits per heavy atom. The number of non-ortho nitro benzene ring substituents is 1. The molecule has 116 valence electrons. The second kappa shape index (κ2) is 6.15. The smallest absolute Gasteiger partial charge is 0.270 e. The van der Waals surface area contributed by atoms with E-state index in [1.807, 2.05) is 19.1 Å². The van der Waals surface area contributed by atoms with E-state index < -0.39 is 14.9 Å². The van der Waals surface area contributed by atoms with Gasteiger partial charge in [-0.3, -0.25) is 14.8 Å². The van der Waals surface area contributed by atoms with E-state index in [0.29, 0.717) is 17.7 Å². The fourth-order valence-electron chi connectivity index (χ4n) is 2.12. The van der Waals surface area contributed by atoms with E-state index in [4.69, 9.17) is 0 Å². The summed E-state index contributed by atoms with van der Waals surface area (Å²) in [5.74, 6) is 0. The van der Waals surface area contributed by atoms with Crippen LogP contribution in [0.2, 0.25) is 0 Å². The zero-order chi connectivity index (χ0) is 16.3. The molecule has 2 aromatic carbocycles. The lowest BCUT2D eigenvalue weighted by Crippen LogP contribution is -2.15. The van der Waals surface area contributed by atoms with Crippen molar-refractivity contribution >= 4 is 21.4 Å². The molecule has 0 aliphatic heterocycles. The number of nitro benzene ring substituents is 1. The van der Waals surface area contributed by atoms with E-state index in [2.05, 4.69) is 4.72 Å². The number of nitrogens with one attached hydrogen (secondary N) is 1. The molecule has 0 saturated carbocycles. The second-order valence-corrected chi connectivity index (χ2v) is 6.47. The number of rotatable bonds is 5. The van der Waals surface area contributed by atoms with Crippen LogP contribution in [0.4, 0.5) is 11.4 Å². The Bertz CT molecular complexity index is 816. The Morgan fingerprint density at radius 1 is 1.18 bits per heavy atom. The number of aryl methyl sites for hydroxylation is 2. The minimum absolute atomic E-state index is 0.0902. The normalized spacial score (nSPS) is 11.2. The van der Waals surface area contributed by atoms with Crippen molar-refractivity contribution in [3.8, 4) is 0 Å². The van der Waals surface area contributed by atoms with E-state index in [-0.39, 0.29) is 10.6 Å². The van der Waals surface area contributed by atoms with Crippen molar-refractivity contribution in [2.24, 2.45) is 0 Å². The quantitative estimate of drug-likeness (QED) is 0.676. The zero-order valence-electron chi connectivity index (χ0n) is 12.2. The highest BCUT2D eigenvalue weighted by Gasteiger charge is 2.21. The molecular formula is C15H16N2O4S. The number of nitro groups is 1. The molecule has 0 atom stereocenters. The summed E-state index contributed by atoms with van der Waals surface area (Å²) in [6.07, 6.45) is 0.673. The molecule has 7 heteroatoms. The van der Waals surface area contributed by atoms with E-state index in [1.54, 1.807) is 19.1 Å². The van der Waals surface area contributed by atoms with Gasteiger partial charge in [-0.05, 0) is 30.5 Å². The van der Waals surface area contributed by atoms with Gasteiger partial charge in [0.15, 0.2) is 0 Å². The van der Waals surface area contributed by atoms with Crippen LogP contribution in [-0.2, 0) is 16.4 Å². The average molecular weight is 320 g/mol. The summed E-state index contributed by atoms with van der Waals surface area (Å²) >= 11 is 0. The van der Waals surface area contributed by atoms with Gasteiger partial charge < -0.3 is 0 Å². The summed E-state index contributed by atoms with van der Waals surface area (Å²) in [5, 5.41) is 10.8. The van der Waals surface area contributed by atoms with Crippen LogP contribution >= 0.6 is 0 Å². The molecule has 2 aromatic rings. The van der Waals surface area contributed by atoms with Crippen molar-refractivity contribution in [2.45, 2.75) is 25.2 Å². The Balaban J connectivity index is 2.47. The lowest BCUT2D eigenvalue weighted by Gasteiger charge is -2.13. The fourth-order valence-corrected chi connectivity index (χ4v) is 3.49. The SMILES string of the molecule is CCc1ccccc1NS(=O)(=O)c1cc([N+](=O)[O-])ccc1C. The molecule has 0 spiro atoms. The van der Waals surface area contributed by atoms with E-state index in [9.17, 15) is 18.5 Å². The Morgan fingerprint density at radius 3 is 2.50 bits per heavy atom. The topological polar surface area (TPSA) is 89.3 Å². The van der Waals surface area contributed by atoms with E-state index in [0.717, 1.165) is 11.6 Å². The third-order valence-corrected chi connectivity index (χ3v) is 4.82. The summed E-state index contributed by atoms with van der Waals surface area (Å²) in [7, 11) is -3.89. The molecule has 0 saturated heterocycles. The second-order valence-electron chi connectivity index (χ2n) is 4.82. The van der Waals surface area contributed by atoms with Crippen molar-refractivity contribution < 1.29 is 13.3 Å². The largest absolute Gasteiger partial charge is 0.279 e. The monoisotopic (exact) mass is 320 g/mol. The summed E-state index contributed by atoms with van der Waals surface area (Å²) in [4.78, 5) is 10.1. The first-order valence-electron chi connectivity index (χ1n) is 6.71. The van der Waals surface area contributed by atoms with Crippen LogP contribution in [0.1, 0.15) is 18.1 Å². The summed E-state index contributed by atoms with van der Waals surface area (Å²) < 4.78 is 27.6. The Labute approximate surface area is 129 Å². The molecule has 0 bridgehead atoms. The molecule has 1 N–H and O–H groups in total. The first-order chi connectivity index (χ1) is 10.3. The maximum atomic E-state index is 12.5. The molecule has 0 aliphatic carbocycles. The average Bonchev–Trinajstić information content (AvgIpc) is 2.47. The van der Waals surface area contributed by atoms with Crippen LogP contribution in [-0.4, -0.2) is 13.3 Å². The van der Waals surface area contributed by atoms with Gasteiger partial charge in [-0.1, -0.05) is 31.2 Å². The molecule has 0 aliphatic rings. The van der Waals surface area contributed by atoms with Crippen LogP contribution in [0.25, 0.3) is 0 Å². The van der Waals surface area contributed by atoms with Gasteiger partial charge in [0, 0.05) is 12.1 Å². The summed E-state index contributed by atoms with van der Waals surface area (Å²) in [6, 6.07) is 10.9. The van der Waals surface area contributed by atoms with Gasteiger partial charge in [0.25, 0.3) is 15.7 Å². The molecular weight excluding hydrogens is 304 g/mol. The lowest BCUT2D eigenvalue weighted by atomic mass is 10.1. The molecule has 22 heavy (non-hydrogen) atoms. The number of hydrogen-bond acceptors (Lipinski definition) is 4. The lowest BCUT2D eigenvalue weighted by molar-refractivity contribution is -0.385. The van der Waals surface area contributed by atoms with Gasteiger partial charge >= 0.3 is 0 Å². The van der Waals surface area contributed by atoms with Crippen LogP contribution in [0, 0.1) is 17.0 Å². The van der Waals surface area contributed by atoms with Crippen molar-refractivity contribution in [1.29, 1.82) is 0 Å². The molecule has 0 fully saturated rings. The zero-order valence-corrected chi connectivity index (χ0v) is 13.1. The van der Waals surface area contributed by atoms with E-state index >= 15 is 0 Å². The predicted molar refractivity (Wildman–Crippen MR) is 84.5 cm³/mol. The number of benzene rings is 2. The number of nitrogens with zero attached hydrogens (tertiary/aromatic N) is 1. The molecule has 0 heterocycles. The van der Waals surface area contributed by atoms with Crippen LogP contribution in [0.5, 0.6) is 0 Å². The van der Waals surface area contributed by atoms with Crippen molar-refractivity contribution in [3.63, 3.8) is 0 Å². The van der Waals surface area contributed by atoms with Gasteiger partial charge in [-0.2, -0.15) is 0 Å². The van der Waals surface area contributed by atoms with Crippen LogP contribution in [0.3, 0.4) is 0 Å². The predicted octanol–water partition coefficient (Wildman–Crippen LogP) is 3.27. The third kappa shape index (κ3) is 3.25. The van der Waals surface area contributed by atoms with Crippen molar-refractivity contribution in [3.05, 3.63) is 63.7 Å².